The van der Waals surface area contributed by atoms with Crippen molar-refractivity contribution in [3.05, 3.63) is 46.6 Å². The molecule has 15 heavy (non-hydrogen) atoms. The van der Waals surface area contributed by atoms with E-state index in [9.17, 15) is 4.79 Å². The van der Waals surface area contributed by atoms with Gasteiger partial charge in [-0.15, -0.1) is 0 Å². The first-order chi connectivity index (χ1) is 7.27. The Hall–Kier alpha value is -1.37. The van der Waals surface area contributed by atoms with Gasteiger partial charge in [-0.1, -0.05) is 48.9 Å². The average Bonchev–Trinajstić information content (AvgIpc) is 2.27. The van der Waals surface area contributed by atoms with Crippen LogP contribution >= 0.6 is 11.6 Å². The zero-order valence-corrected chi connectivity index (χ0v) is 9.29. The van der Waals surface area contributed by atoms with Crippen molar-refractivity contribution in [2.45, 2.75) is 19.8 Å². The van der Waals surface area contributed by atoms with Crippen molar-refractivity contribution in [3.8, 4) is 0 Å². The van der Waals surface area contributed by atoms with Gasteiger partial charge in [0.25, 0.3) is 0 Å². The van der Waals surface area contributed by atoms with Crippen LogP contribution in [0.5, 0.6) is 0 Å². The van der Waals surface area contributed by atoms with Crippen LogP contribution in [0, 0.1) is 0 Å². The third-order valence-electron chi connectivity index (χ3n) is 2.12. The summed E-state index contributed by atoms with van der Waals surface area (Å²) in [5.74, 6) is 0. The van der Waals surface area contributed by atoms with Crippen LogP contribution in [0.4, 0.5) is 0 Å². The maximum absolute atomic E-state index is 10.1. The van der Waals surface area contributed by atoms with Gasteiger partial charge in [0.05, 0.1) is 0 Å². The summed E-state index contributed by atoms with van der Waals surface area (Å²) in [5.41, 5.74) is 2.11. The first-order valence-corrected chi connectivity index (χ1v) is 5.15. The SMILES string of the molecule is CC/C(Cc1ccccc1)=C(/Cl)N=C=O. The molecule has 2 nitrogen and oxygen atoms in total. The second-order valence-electron chi connectivity index (χ2n) is 3.11. The Morgan fingerprint density at radius 3 is 2.60 bits per heavy atom. The van der Waals surface area contributed by atoms with E-state index in [2.05, 4.69) is 4.99 Å². The summed E-state index contributed by atoms with van der Waals surface area (Å²) in [6.45, 7) is 1.99. The molecule has 0 fully saturated rings. The van der Waals surface area contributed by atoms with E-state index >= 15 is 0 Å². The molecule has 0 aliphatic heterocycles. The number of hydrogen-bond acceptors (Lipinski definition) is 2. The summed E-state index contributed by atoms with van der Waals surface area (Å²) >= 11 is 5.85. The van der Waals surface area contributed by atoms with Crippen LogP contribution in [0.15, 0.2) is 46.1 Å². The average molecular weight is 222 g/mol. The minimum absolute atomic E-state index is 0.261. The topological polar surface area (TPSA) is 29.4 Å². The molecule has 1 aromatic rings. The largest absolute Gasteiger partial charge is 0.241 e. The zero-order valence-electron chi connectivity index (χ0n) is 8.53. The van der Waals surface area contributed by atoms with Crippen molar-refractivity contribution >= 4 is 17.7 Å². The fraction of sp³-hybridized carbons (Fsp3) is 0.250. The number of benzene rings is 1. The Kier molecular flexibility index (Phi) is 4.82. The predicted octanol–water partition coefficient (Wildman–Crippen LogP) is 3.43. The number of carbonyl (C=O) groups excluding carboxylic acids is 1. The highest BCUT2D eigenvalue weighted by Crippen LogP contribution is 2.18. The van der Waals surface area contributed by atoms with E-state index < -0.39 is 0 Å². The van der Waals surface area contributed by atoms with E-state index in [1.165, 1.54) is 6.08 Å². The Morgan fingerprint density at radius 1 is 1.40 bits per heavy atom. The molecule has 0 spiro atoms. The molecule has 0 aliphatic carbocycles. The van der Waals surface area contributed by atoms with E-state index in [1.807, 2.05) is 37.3 Å². The lowest BCUT2D eigenvalue weighted by atomic mass is 10.0. The number of allylic oxidation sites excluding steroid dienone is 1. The minimum atomic E-state index is 0.261. The summed E-state index contributed by atoms with van der Waals surface area (Å²) in [6, 6.07) is 9.94. The molecule has 0 atom stereocenters. The summed E-state index contributed by atoms with van der Waals surface area (Å²) < 4.78 is 0. The van der Waals surface area contributed by atoms with Crippen molar-refractivity contribution < 1.29 is 4.79 Å². The minimum Gasteiger partial charge on any atom is -0.211 e. The monoisotopic (exact) mass is 221 g/mol. The fourth-order valence-electron chi connectivity index (χ4n) is 1.31. The standard InChI is InChI=1S/C12H12ClNO/c1-2-11(12(13)14-9-15)8-10-6-4-3-5-7-10/h3-7H,2,8H2,1H3/b12-11+. The fourth-order valence-corrected chi connectivity index (χ4v) is 1.54. The Bertz CT molecular complexity index is 391. The molecule has 0 amide bonds. The third-order valence-corrected chi connectivity index (χ3v) is 2.47. The molecular formula is C12H12ClNO. The molecule has 0 N–H and O–H groups in total. The summed E-state index contributed by atoms with van der Waals surface area (Å²) in [6.07, 6.45) is 2.95. The van der Waals surface area contributed by atoms with Gasteiger partial charge in [-0.3, -0.25) is 0 Å². The first-order valence-electron chi connectivity index (χ1n) is 4.77. The molecule has 0 unspecified atom stereocenters. The number of rotatable bonds is 4. The lowest BCUT2D eigenvalue weighted by molar-refractivity contribution is 0.565. The van der Waals surface area contributed by atoms with Gasteiger partial charge in [0.1, 0.15) is 5.16 Å². The molecule has 1 rings (SSSR count). The normalized spacial score (nSPS) is 11.6. The van der Waals surface area contributed by atoms with Crippen molar-refractivity contribution in [1.82, 2.24) is 0 Å². The molecule has 78 valence electrons. The van der Waals surface area contributed by atoms with Gasteiger partial charge in [-0.25, -0.2) is 4.79 Å². The first kappa shape index (κ1) is 11.7. The van der Waals surface area contributed by atoms with Crippen molar-refractivity contribution in [2.75, 3.05) is 0 Å². The summed E-state index contributed by atoms with van der Waals surface area (Å²) in [7, 11) is 0. The molecule has 1 aromatic carbocycles. The second kappa shape index (κ2) is 6.18. The van der Waals surface area contributed by atoms with Crippen LogP contribution in [0.3, 0.4) is 0 Å². The Balaban J connectivity index is 2.87. The number of halogens is 1. The third kappa shape index (κ3) is 3.70. The van der Waals surface area contributed by atoms with Crippen molar-refractivity contribution in [2.24, 2.45) is 4.99 Å². The summed E-state index contributed by atoms with van der Waals surface area (Å²) in [5, 5.41) is 0.261. The molecule has 0 saturated heterocycles. The molecular weight excluding hydrogens is 210 g/mol. The molecule has 0 bridgehead atoms. The van der Waals surface area contributed by atoms with Crippen LogP contribution in [-0.2, 0) is 11.2 Å². The van der Waals surface area contributed by atoms with Gasteiger partial charge >= 0.3 is 0 Å². The zero-order chi connectivity index (χ0) is 11.1. The molecule has 0 radical (unpaired) electrons. The van der Waals surface area contributed by atoms with Crippen LogP contribution < -0.4 is 0 Å². The highest BCUT2D eigenvalue weighted by Gasteiger charge is 2.03. The van der Waals surface area contributed by atoms with Gasteiger partial charge < -0.3 is 0 Å². The highest BCUT2D eigenvalue weighted by molar-refractivity contribution is 6.30. The molecule has 0 heterocycles. The highest BCUT2D eigenvalue weighted by atomic mass is 35.5. The van der Waals surface area contributed by atoms with Gasteiger partial charge in [-0.2, -0.15) is 4.99 Å². The number of isocyanates is 1. The van der Waals surface area contributed by atoms with E-state index in [-0.39, 0.29) is 5.16 Å². The van der Waals surface area contributed by atoms with Crippen LogP contribution in [-0.4, -0.2) is 6.08 Å². The maximum atomic E-state index is 10.1. The van der Waals surface area contributed by atoms with Crippen LogP contribution in [0.1, 0.15) is 18.9 Å². The number of hydrogen-bond donors (Lipinski definition) is 0. The second-order valence-corrected chi connectivity index (χ2v) is 3.47. The molecule has 0 saturated carbocycles. The quantitative estimate of drug-likeness (QED) is 0.435. The Morgan fingerprint density at radius 2 is 2.07 bits per heavy atom. The summed E-state index contributed by atoms with van der Waals surface area (Å²) in [4.78, 5) is 13.5. The molecule has 0 aliphatic rings. The Labute approximate surface area is 94.3 Å². The van der Waals surface area contributed by atoms with E-state index in [4.69, 9.17) is 11.6 Å². The number of nitrogens with zero attached hydrogens (tertiary/aromatic N) is 1. The van der Waals surface area contributed by atoms with Crippen molar-refractivity contribution in [1.29, 1.82) is 0 Å². The van der Waals surface area contributed by atoms with Gasteiger partial charge in [-0.05, 0) is 24.0 Å². The maximum Gasteiger partial charge on any atom is 0.241 e. The van der Waals surface area contributed by atoms with Crippen LogP contribution in [0.2, 0.25) is 0 Å². The van der Waals surface area contributed by atoms with E-state index in [1.54, 1.807) is 0 Å². The molecule has 3 heteroatoms. The predicted molar refractivity (Wildman–Crippen MR) is 61.4 cm³/mol. The van der Waals surface area contributed by atoms with Gasteiger partial charge in [0.15, 0.2) is 0 Å². The van der Waals surface area contributed by atoms with Crippen molar-refractivity contribution in [3.63, 3.8) is 0 Å². The van der Waals surface area contributed by atoms with Gasteiger partial charge in [0, 0.05) is 0 Å². The lowest BCUT2D eigenvalue weighted by Crippen LogP contribution is -1.91. The van der Waals surface area contributed by atoms with E-state index in [0.29, 0.717) is 0 Å². The lowest BCUT2D eigenvalue weighted by Gasteiger charge is -2.04. The van der Waals surface area contributed by atoms with Gasteiger partial charge in [0.2, 0.25) is 6.08 Å². The van der Waals surface area contributed by atoms with E-state index in [0.717, 1.165) is 24.0 Å². The smallest absolute Gasteiger partial charge is 0.211 e. The number of aliphatic imine (C=N–C) groups is 1. The van der Waals surface area contributed by atoms with Crippen LogP contribution in [0.25, 0.3) is 0 Å². The molecule has 0 aromatic heterocycles.